The molecule has 3 rings (SSSR count). The second kappa shape index (κ2) is 8.41. The monoisotopic (exact) mass is 428 g/mol. The summed E-state index contributed by atoms with van der Waals surface area (Å²) in [6, 6.07) is 13.1. The fraction of sp³-hybridized carbons (Fsp3) is 0.105. The van der Waals surface area contributed by atoms with Gasteiger partial charge in [0.15, 0.2) is 4.32 Å². The van der Waals surface area contributed by atoms with Gasteiger partial charge in [-0.2, -0.15) is 5.01 Å². The SMILES string of the molecule is CN(C)c1ccc(/C=C2\SC(=S)N(NC(=O)c3ccccc3[N+](=O)[O-])C2=O)cc1. The van der Waals surface area contributed by atoms with E-state index in [1.54, 1.807) is 6.08 Å². The molecular weight excluding hydrogens is 412 g/mol. The number of hydrogen-bond donors (Lipinski definition) is 1. The van der Waals surface area contributed by atoms with Crippen LogP contribution in [0.25, 0.3) is 6.08 Å². The first kappa shape index (κ1) is 20.5. The van der Waals surface area contributed by atoms with Crippen molar-refractivity contribution in [3.8, 4) is 0 Å². The molecule has 148 valence electrons. The van der Waals surface area contributed by atoms with Crippen LogP contribution >= 0.6 is 24.0 Å². The third-order valence-corrected chi connectivity index (χ3v) is 5.36. The van der Waals surface area contributed by atoms with Crippen molar-refractivity contribution in [2.75, 3.05) is 19.0 Å². The fourth-order valence-electron chi connectivity index (χ4n) is 2.57. The summed E-state index contributed by atoms with van der Waals surface area (Å²) in [6.45, 7) is 0. The van der Waals surface area contributed by atoms with E-state index < -0.39 is 16.7 Å². The zero-order chi connectivity index (χ0) is 21.1. The van der Waals surface area contributed by atoms with Gasteiger partial charge >= 0.3 is 0 Å². The number of para-hydroxylation sites is 1. The van der Waals surface area contributed by atoms with Crippen LogP contribution < -0.4 is 10.3 Å². The highest BCUT2D eigenvalue weighted by atomic mass is 32.2. The molecule has 0 saturated carbocycles. The van der Waals surface area contributed by atoms with Crippen LogP contribution in [0.4, 0.5) is 11.4 Å². The van der Waals surface area contributed by atoms with Crippen LogP contribution in [-0.2, 0) is 4.79 Å². The maximum atomic E-state index is 12.7. The molecule has 1 N–H and O–H groups in total. The molecule has 0 unspecified atom stereocenters. The number of thiocarbonyl (C=S) groups is 1. The average molecular weight is 428 g/mol. The maximum Gasteiger partial charge on any atom is 0.285 e. The van der Waals surface area contributed by atoms with E-state index in [4.69, 9.17) is 12.2 Å². The van der Waals surface area contributed by atoms with Gasteiger partial charge in [-0.1, -0.05) is 36.0 Å². The van der Waals surface area contributed by atoms with Crippen molar-refractivity contribution in [2.24, 2.45) is 0 Å². The zero-order valence-electron chi connectivity index (χ0n) is 15.5. The number of thioether (sulfide) groups is 1. The van der Waals surface area contributed by atoms with E-state index in [1.807, 2.05) is 43.3 Å². The number of carbonyl (C=O) groups is 2. The van der Waals surface area contributed by atoms with Crippen molar-refractivity contribution in [3.63, 3.8) is 0 Å². The molecule has 2 aromatic carbocycles. The lowest BCUT2D eigenvalue weighted by Crippen LogP contribution is -2.45. The van der Waals surface area contributed by atoms with Crippen LogP contribution in [0.2, 0.25) is 0 Å². The molecule has 8 nitrogen and oxygen atoms in total. The maximum absolute atomic E-state index is 12.7. The summed E-state index contributed by atoms with van der Waals surface area (Å²) in [5.74, 6) is -1.28. The number of nitro benzene ring substituents is 1. The number of nitrogens with zero attached hydrogens (tertiary/aromatic N) is 3. The number of nitro groups is 1. The molecule has 10 heteroatoms. The summed E-state index contributed by atoms with van der Waals surface area (Å²) in [7, 11) is 3.86. The highest BCUT2D eigenvalue weighted by molar-refractivity contribution is 8.26. The average Bonchev–Trinajstić information content (AvgIpc) is 2.95. The first-order valence-corrected chi connectivity index (χ1v) is 9.60. The molecule has 1 aliphatic rings. The number of hydrogen-bond acceptors (Lipinski definition) is 7. The Balaban J connectivity index is 1.79. The zero-order valence-corrected chi connectivity index (χ0v) is 17.1. The van der Waals surface area contributed by atoms with Crippen LogP contribution in [0, 0.1) is 10.1 Å². The van der Waals surface area contributed by atoms with Gasteiger partial charge in [0, 0.05) is 25.8 Å². The summed E-state index contributed by atoms with van der Waals surface area (Å²) >= 11 is 6.24. The quantitative estimate of drug-likeness (QED) is 0.338. The Morgan fingerprint density at radius 2 is 1.86 bits per heavy atom. The number of anilines is 1. The summed E-state index contributed by atoms with van der Waals surface area (Å²) in [5, 5.41) is 12.0. The van der Waals surface area contributed by atoms with Crippen molar-refractivity contribution in [2.45, 2.75) is 0 Å². The number of carbonyl (C=O) groups excluding carboxylic acids is 2. The van der Waals surface area contributed by atoms with Crippen LogP contribution in [0.15, 0.2) is 53.4 Å². The highest BCUT2D eigenvalue weighted by Gasteiger charge is 2.34. The fourth-order valence-corrected chi connectivity index (χ4v) is 3.75. The molecule has 0 aliphatic carbocycles. The van der Waals surface area contributed by atoms with E-state index in [9.17, 15) is 19.7 Å². The summed E-state index contributed by atoms with van der Waals surface area (Å²) in [6.07, 6.45) is 1.68. The van der Waals surface area contributed by atoms with Crippen molar-refractivity contribution in [1.29, 1.82) is 0 Å². The number of hydrazine groups is 1. The van der Waals surface area contributed by atoms with Crippen molar-refractivity contribution < 1.29 is 14.5 Å². The Hall–Kier alpha value is -3.24. The summed E-state index contributed by atoms with van der Waals surface area (Å²) in [4.78, 5) is 37.9. The topological polar surface area (TPSA) is 95.8 Å². The van der Waals surface area contributed by atoms with Crippen LogP contribution in [0.5, 0.6) is 0 Å². The second-order valence-electron chi connectivity index (χ2n) is 6.22. The standard InChI is InChI=1S/C19H16N4O4S2/c1-21(2)13-9-7-12(8-10-13)11-16-18(25)22(19(28)29-16)20-17(24)14-5-3-4-6-15(14)23(26)27/h3-11H,1-2H3,(H,20,24)/b16-11-. The van der Waals surface area contributed by atoms with Gasteiger partial charge in [-0.25, -0.2) is 0 Å². The molecule has 2 aromatic rings. The Labute approximate surface area is 176 Å². The lowest BCUT2D eigenvalue weighted by molar-refractivity contribution is -0.385. The summed E-state index contributed by atoms with van der Waals surface area (Å²) in [5.41, 5.74) is 3.67. The molecule has 0 spiro atoms. The lowest BCUT2D eigenvalue weighted by Gasteiger charge is -2.15. The van der Waals surface area contributed by atoms with E-state index in [2.05, 4.69) is 5.43 Å². The Bertz CT molecular complexity index is 1030. The van der Waals surface area contributed by atoms with E-state index in [0.29, 0.717) is 4.91 Å². The number of nitrogens with one attached hydrogen (secondary N) is 1. The van der Waals surface area contributed by atoms with Crippen LogP contribution in [0.1, 0.15) is 15.9 Å². The largest absolute Gasteiger partial charge is 0.378 e. The molecular formula is C19H16N4O4S2. The van der Waals surface area contributed by atoms with Crippen molar-refractivity contribution in [1.82, 2.24) is 10.4 Å². The lowest BCUT2D eigenvalue weighted by atomic mass is 10.1. The molecule has 0 aromatic heterocycles. The molecule has 0 radical (unpaired) electrons. The van der Waals surface area contributed by atoms with Crippen LogP contribution in [0.3, 0.4) is 0 Å². The molecule has 29 heavy (non-hydrogen) atoms. The Morgan fingerprint density at radius 1 is 1.21 bits per heavy atom. The molecule has 1 heterocycles. The van der Waals surface area contributed by atoms with Crippen LogP contribution in [-0.4, -0.2) is 40.2 Å². The minimum Gasteiger partial charge on any atom is -0.378 e. The number of rotatable bonds is 5. The molecule has 1 aliphatic heterocycles. The molecule has 0 bridgehead atoms. The van der Waals surface area contributed by atoms with Crippen molar-refractivity contribution in [3.05, 3.63) is 74.7 Å². The van der Waals surface area contributed by atoms with E-state index >= 15 is 0 Å². The summed E-state index contributed by atoms with van der Waals surface area (Å²) < 4.78 is 0.137. The van der Waals surface area contributed by atoms with Gasteiger partial charge in [-0.05, 0) is 42.1 Å². The van der Waals surface area contributed by atoms with Gasteiger partial charge in [-0.3, -0.25) is 25.1 Å². The molecule has 2 amide bonds. The van der Waals surface area contributed by atoms with E-state index in [0.717, 1.165) is 28.0 Å². The van der Waals surface area contributed by atoms with E-state index in [-0.39, 0.29) is 15.6 Å². The van der Waals surface area contributed by atoms with Gasteiger partial charge in [0.25, 0.3) is 17.5 Å². The predicted molar refractivity (Wildman–Crippen MR) is 116 cm³/mol. The smallest absolute Gasteiger partial charge is 0.285 e. The Kier molecular flexibility index (Phi) is 5.95. The minimum absolute atomic E-state index is 0.137. The van der Waals surface area contributed by atoms with Gasteiger partial charge < -0.3 is 4.90 Å². The van der Waals surface area contributed by atoms with E-state index in [1.165, 1.54) is 24.3 Å². The second-order valence-corrected chi connectivity index (χ2v) is 7.89. The third-order valence-electron chi connectivity index (χ3n) is 4.06. The Morgan fingerprint density at radius 3 is 2.48 bits per heavy atom. The number of amides is 2. The highest BCUT2D eigenvalue weighted by Crippen LogP contribution is 2.32. The first-order valence-electron chi connectivity index (χ1n) is 8.37. The first-order chi connectivity index (χ1) is 13.8. The van der Waals surface area contributed by atoms with Gasteiger partial charge in [0.1, 0.15) is 5.56 Å². The van der Waals surface area contributed by atoms with Gasteiger partial charge in [0.05, 0.1) is 9.83 Å². The van der Waals surface area contributed by atoms with Gasteiger partial charge in [-0.15, -0.1) is 0 Å². The molecule has 1 saturated heterocycles. The van der Waals surface area contributed by atoms with Gasteiger partial charge in [0.2, 0.25) is 0 Å². The minimum atomic E-state index is -0.787. The molecule has 0 atom stereocenters. The van der Waals surface area contributed by atoms with Crippen molar-refractivity contribution >= 4 is 57.6 Å². The third kappa shape index (κ3) is 4.44. The molecule has 1 fully saturated rings. The predicted octanol–water partition coefficient (Wildman–Crippen LogP) is 3.21. The number of benzene rings is 2. The normalized spacial score (nSPS) is 15.0.